The fraction of sp³-hybridized carbons (Fsp3) is 0.133. The fourth-order valence-corrected chi connectivity index (χ4v) is 2.24. The predicted octanol–water partition coefficient (Wildman–Crippen LogP) is 2.93. The van der Waals surface area contributed by atoms with Crippen molar-refractivity contribution in [3.63, 3.8) is 0 Å². The summed E-state index contributed by atoms with van der Waals surface area (Å²) in [6.07, 6.45) is -5.09. The summed E-state index contributed by atoms with van der Waals surface area (Å²) in [6, 6.07) is 8.37. The molecule has 0 aromatic heterocycles. The Labute approximate surface area is 132 Å². The quantitative estimate of drug-likeness (QED) is 0.658. The van der Waals surface area contributed by atoms with Crippen LogP contribution in [0.5, 0.6) is 0 Å². The summed E-state index contributed by atoms with van der Waals surface area (Å²) in [5.74, 6) is -1.81. The maximum absolute atomic E-state index is 13.0. The number of halogens is 3. The number of hydrogen-bond acceptors (Lipinski definition) is 4. The molecule has 6 nitrogen and oxygen atoms in total. The van der Waals surface area contributed by atoms with Gasteiger partial charge in [0.15, 0.2) is 0 Å². The van der Waals surface area contributed by atoms with E-state index in [1.54, 1.807) is 0 Å². The van der Waals surface area contributed by atoms with Crippen molar-refractivity contribution in [1.82, 2.24) is 0 Å². The van der Waals surface area contributed by atoms with Crippen LogP contribution in [0.3, 0.4) is 0 Å². The molecule has 0 saturated carbocycles. The zero-order chi connectivity index (χ0) is 18.1. The molecule has 1 unspecified atom stereocenters. The standard InChI is InChI=1S/C15H10F3NO5/c16-15(17,18)11-8-10(6-7-12(11)19(23)24)14(22,13(20)21)9-4-2-1-3-5-9/h1-8,22H,(H,20,21). The largest absolute Gasteiger partial charge is 0.479 e. The van der Waals surface area contributed by atoms with Gasteiger partial charge in [-0.15, -0.1) is 0 Å². The number of carboxylic acids is 1. The molecule has 0 saturated heterocycles. The van der Waals surface area contributed by atoms with Crippen LogP contribution in [0.4, 0.5) is 18.9 Å². The number of carbonyl (C=O) groups is 1. The van der Waals surface area contributed by atoms with Crippen molar-refractivity contribution in [2.24, 2.45) is 0 Å². The molecule has 0 heterocycles. The summed E-state index contributed by atoms with van der Waals surface area (Å²) in [5, 5.41) is 30.6. The Kier molecular flexibility index (Phi) is 4.30. The number of rotatable bonds is 4. The first kappa shape index (κ1) is 17.4. The third kappa shape index (κ3) is 2.93. The predicted molar refractivity (Wildman–Crippen MR) is 75.2 cm³/mol. The normalized spacial score (nSPS) is 14.0. The van der Waals surface area contributed by atoms with E-state index in [1.807, 2.05) is 0 Å². The van der Waals surface area contributed by atoms with Crippen LogP contribution < -0.4 is 0 Å². The van der Waals surface area contributed by atoms with E-state index in [2.05, 4.69) is 0 Å². The van der Waals surface area contributed by atoms with E-state index in [4.69, 9.17) is 0 Å². The Morgan fingerprint density at radius 1 is 1.04 bits per heavy atom. The highest BCUT2D eigenvalue weighted by Gasteiger charge is 2.44. The summed E-state index contributed by atoms with van der Waals surface area (Å²) in [5.41, 5.74) is -6.47. The summed E-state index contributed by atoms with van der Waals surface area (Å²) in [4.78, 5) is 21.1. The molecule has 0 spiro atoms. The minimum absolute atomic E-state index is 0.181. The van der Waals surface area contributed by atoms with Crippen LogP contribution in [0.2, 0.25) is 0 Å². The van der Waals surface area contributed by atoms with Gasteiger partial charge in [0.25, 0.3) is 5.69 Å². The maximum atomic E-state index is 13.0. The lowest BCUT2D eigenvalue weighted by molar-refractivity contribution is -0.388. The van der Waals surface area contributed by atoms with Gasteiger partial charge in [-0.2, -0.15) is 13.2 Å². The first-order chi connectivity index (χ1) is 11.1. The molecular weight excluding hydrogens is 331 g/mol. The minimum Gasteiger partial charge on any atom is -0.479 e. The second-order valence-corrected chi connectivity index (χ2v) is 4.87. The molecular formula is C15H10F3NO5. The Morgan fingerprint density at radius 3 is 2.08 bits per heavy atom. The van der Waals surface area contributed by atoms with Gasteiger partial charge in [-0.25, -0.2) is 4.79 Å². The van der Waals surface area contributed by atoms with E-state index in [9.17, 15) is 38.3 Å². The maximum Gasteiger partial charge on any atom is 0.423 e. The molecule has 0 aliphatic rings. The van der Waals surface area contributed by atoms with E-state index < -0.39 is 39.5 Å². The molecule has 2 N–H and O–H groups in total. The third-order valence-corrected chi connectivity index (χ3v) is 3.42. The minimum atomic E-state index is -5.09. The zero-order valence-corrected chi connectivity index (χ0v) is 11.8. The van der Waals surface area contributed by atoms with Gasteiger partial charge in [-0.1, -0.05) is 30.3 Å². The molecule has 0 amide bonds. The lowest BCUT2D eigenvalue weighted by Gasteiger charge is -2.25. The van der Waals surface area contributed by atoms with Gasteiger partial charge in [-0.3, -0.25) is 10.1 Å². The number of nitrogens with zero attached hydrogens (tertiary/aromatic N) is 1. The molecule has 24 heavy (non-hydrogen) atoms. The van der Waals surface area contributed by atoms with Crippen LogP contribution in [0, 0.1) is 10.1 Å². The number of aliphatic hydroxyl groups is 1. The molecule has 0 radical (unpaired) electrons. The van der Waals surface area contributed by atoms with E-state index in [-0.39, 0.29) is 11.6 Å². The zero-order valence-electron chi connectivity index (χ0n) is 11.8. The molecule has 0 bridgehead atoms. The number of alkyl halides is 3. The Bertz CT molecular complexity index is 791. The number of hydrogen-bond donors (Lipinski definition) is 2. The number of nitro benzene ring substituents is 1. The van der Waals surface area contributed by atoms with Crippen molar-refractivity contribution in [3.05, 3.63) is 75.3 Å². The van der Waals surface area contributed by atoms with Gasteiger partial charge in [0.05, 0.1) is 4.92 Å². The molecule has 9 heteroatoms. The summed E-state index contributed by atoms with van der Waals surface area (Å²) < 4.78 is 39.1. The van der Waals surface area contributed by atoms with Gasteiger partial charge in [0.1, 0.15) is 5.56 Å². The van der Waals surface area contributed by atoms with E-state index in [0.717, 1.165) is 6.07 Å². The highest BCUT2D eigenvalue weighted by Crippen LogP contribution is 2.40. The second kappa shape index (κ2) is 5.93. The molecule has 0 fully saturated rings. The van der Waals surface area contributed by atoms with Crippen molar-refractivity contribution in [2.45, 2.75) is 11.8 Å². The van der Waals surface area contributed by atoms with Crippen molar-refractivity contribution in [3.8, 4) is 0 Å². The van der Waals surface area contributed by atoms with Crippen LogP contribution in [-0.2, 0) is 16.6 Å². The molecule has 1 atom stereocenters. The highest BCUT2D eigenvalue weighted by atomic mass is 19.4. The van der Waals surface area contributed by atoms with E-state index >= 15 is 0 Å². The summed E-state index contributed by atoms with van der Waals surface area (Å²) >= 11 is 0. The van der Waals surface area contributed by atoms with E-state index in [1.165, 1.54) is 30.3 Å². The van der Waals surface area contributed by atoms with E-state index in [0.29, 0.717) is 6.07 Å². The Morgan fingerprint density at radius 2 is 1.62 bits per heavy atom. The summed E-state index contributed by atoms with van der Waals surface area (Å²) in [6.45, 7) is 0. The summed E-state index contributed by atoms with van der Waals surface area (Å²) in [7, 11) is 0. The Hall–Kier alpha value is -2.94. The van der Waals surface area contributed by atoms with Crippen molar-refractivity contribution in [2.75, 3.05) is 0 Å². The van der Waals surface area contributed by atoms with Crippen molar-refractivity contribution >= 4 is 11.7 Å². The first-order valence-corrected chi connectivity index (χ1v) is 6.46. The van der Waals surface area contributed by atoms with Crippen LogP contribution in [-0.4, -0.2) is 21.1 Å². The topological polar surface area (TPSA) is 101 Å². The number of nitro groups is 1. The number of aliphatic carboxylic acids is 1. The lowest BCUT2D eigenvalue weighted by Crippen LogP contribution is -2.37. The van der Waals surface area contributed by atoms with Crippen LogP contribution in [0.15, 0.2) is 48.5 Å². The number of carboxylic acid groups (broad SMARTS) is 1. The molecule has 0 aliphatic carbocycles. The molecule has 2 aromatic rings. The SMILES string of the molecule is O=C(O)C(O)(c1ccccc1)c1ccc([N+](=O)[O-])c(C(F)(F)F)c1. The second-order valence-electron chi connectivity index (χ2n) is 4.87. The van der Waals surface area contributed by atoms with Gasteiger partial charge in [-0.05, 0) is 17.7 Å². The van der Waals surface area contributed by atoms with Crippen LogP contribution in [0.25, 0.3) is 0 Å². The average Bonchev–Trinajstić information content (AvgIpc) is 2.53. The van der Waals surface area contributed by atoms with Crippen LogP contribution >= 0.6 is 0 Å². The number of benzene rings is 2. The lowest BCUT2D eigenvalue weighted by atomic mass is 9.85. The third-order valence-electron chi connectivity index (χ3n) is 3.42. The highest BCUT2D eigenvalue weighted by molar-refractivity contribution is 5.84. The fourth-order valence-electron chi connectivity index (χ4n) is 2.24. The van der Waals surface area contributed by atoms with Gasteiger partial charge >= 0.3 is 12.1 Å². The van der Waals surface area contributed by atoms with Crippen LogP contribution in [0.1, 0.15) is 16.7 Å². The smallest absolute Gasteiger partial charge is 0.423 e. The van der Waals surface area contributed by atoms with Crippen molar-refractivity contribution in [1.29, 1.82) is 0 Å². The first-order valence-electron chi connectivity index (χ1n) is 6.46. The molecule has 126 valence electrons. The molecule has 2 rings (SSSR count). The van der Waals surface area contributed by atoms with Crippen molar-refractivity contribution < 1.29 is 33.1 Å². The van der Waals surface area contributed by atoms with Gasteiger partial charge < -0.3 is 10.2 Å². The van der Waals surface area contributed by atoms with Gasteiger partial charge in [0, 0.05) is 11.6 Å². The Balaban J connectivity index is 2.74. The van der Waals surface area contributed by atoms with Gasteiger partial charge in [0.2, 0.25) is 5.60 Å². The molecule has 2 aromatic carbocycles. The average molecular weight is 341 g/mol. The molecule has 0 aliphatic heterocycles. The monoisotopic (exact) mass is 341 g/mol.